The molecule has 1 fully saturated rings. The molecule has 0 bridgehead atoms. The lowest BCUT2D eigenvalue weighted by Crippen LogP contribution is -2.36. The number of phenolic OH excluding ortho intramolecular Hbond substituents is 1. The van der Waals surface area contributed by atoms with Crippen molar-refractivity contribution < 1.29 is 18.3 Å². The highest BCUT2D eigenvalue weighted by Gasteiger charge is 2.19. The van der Waals surface area contributed by atoms with Gasteiger partial charge in [-0.1, -0.05) is 12.1 Å². The zero-order valence-electron chi connectivity index (χ0n) is 16.0. The first kappa shape index (κ1) is 20.6. The van der Waals surface area contributed by atoms with Crippen LogP contribution in [0.2, 0.25) is 0 Å². The van der Waals surface area contributed by atoms with Crippen LogP contribution < -0.4 is 9.88 Å². The Kier molecular flexibility index (Phi) is 6.93. The molecule has 0 aromatic heterocycles. The number of nitrogens with zero attached hydrogens (tertiary/aromatic N) is 1. The van der Waals surface area contributed by atoms with Crippen molar-refractivity contribution in [2.24, 2.45) is 11.1 Å². The van der Waals surface area contributed by atoms with Crippen molar-refractivity contribution in [3.63, 3.8) is 0 Å². The van der Waals surface area contributed by atoms with Gasteiger partial charge in [0.25, 0.3) is 0 Å². The van der Waals surface area contributed by atoms with Crippen molar-refractivity contribution in [2.75, 3.05) is 26.2 Å². The minimum Gasteiger partial charge on any atom is -0.508 e. The van der Waals surface area contributed by atoms with E-state index in [4.69, 9.17) is 9.88 Å². The number of ether oxygens (including phenoxy) is 1. The number of piperidine rings is 1. The molecule has 6 nitrogen and oxygen atoms in total. The van der Waals surface area contributed by atoms with Gasteiger partial charge < -0.3 is 9.84 Å². The average Bonchev–Trinajstić information content (AvgIpc) is 2.68. The fourth-order valence-corrected chi connectivity index (χ4v) is 4.07. The summed E-state index contributed by atoms with van der Waals surface area (Å²) in [6.07, 6.45) is 4.64. The number of hydrogen-bond donors (Lipinski definition) is 2. The largest absolute Gasteiger partial charge is 0.508 e. The highest BCUT2D eigenvalue weighted by molar-refractivity contribution is 7.89. The van der Waals surface area contributed by atoms with Gasteiger partial charge in [-0.3, -0.25) is 4.90 Å². The molecule has 2 aromatic carbocycles. The van der Waals surface area contributed by atoms with E-state index >= 15 is 0 Å². The topological polar surface area (TPSA) is 92.9 Å². The molecule has 3 N–H and O–H groups in total. The molecule has 0 spiro atoms. The van der Waals surface area contributed by atoms with E-state index in [1.807, 2.05) is 12.1 Å². The molecule has 152 valence electrons. The van der Waals surface area contributed by atoms with Gasteiger partial charge in [0.1, 0.15) is 18.1 Å². The summed E-state index contributed by atoms with van der Waals surface area (Å²) in [5, 5.41) is 14.4. The van der Waals surface area contributed by atoms with E-state index in [1.54, 1.807) is 24.3 Å². The number of likely N-dealkylation sites (tertiary alicyclic amines) is 1. The number of sulfonamides is 1. The Balaban J connectivity index is 1.33. The first-order valence-electron chi connectivity index (χ1n) is 9.66. The number of hydrogen-bond acceptors (Lipinski definition) is 5. The Morgan fingerprint density at radius 2 is 1.68 bits per heavy atom. The van der Waals surface area contributed by atoms with Gasteiger partial charge in [0.2, 0.25) is 10.0 Å². The molecule has 0 aliphatic carbocycles. The van der Waals surface area contributed by atoms with Crippen LogP contribution in [0.5, 0.6) is 11.5 Å². The fourth-order valence-electron chi connectivity index (χ4n) is 3.55. The lowest BCUT2D eigenvalue weighted by molar-refractivity contribution is 0.151. The third kappa shape index (κ3) is 6.22. The summed E-state index contributed by atoms with van der Waals surface area (Å²) >= 11 is 0. The second-order valence-electron chi connectivity index (χ2n) is 7.36. The van der Waals surface area contributed by atoms with Gasteiger partial charge in [-0.2, -0.15) is 0 Å². The number of primary sulfonamides is 1. The fraction of sp³-hybridized carbons (Fsp3) is 0.429. The smallest absolute Gasteiger partial charge is 0.238 e. The average molecular weight is 405 g/mol. The summed E-state index contributed by atoms with van der Waals surface area (Å²) in [5.41, 5.74) is 1.28. The molecule has 0 unspecified atom stereocenters. The van der Waals surface area contributed by atoms with Crippen LogP contribution in [0.3, 0.4) is 0 Å². The predicted molar refractivity (Wildman–Crippen MR) is 109 cm³/mol. The summed E-state index contributed by atoms with van der Waals surface area (Å²) in [7, 11) is -3.66. The highest BCUT2D eigenvalue weighted by Crippen LogP contribution is 2.23. The third-order valence-electron chi connectivity index (χ3n) is 5.31. The van der Waals surface area contributed by atoms with Gasteiger partial charge in [0.15, 0.2) is 0 Å². The molecule has 0 atom stereocenters. The minimum absolute atomic E-state index is 0.0919. The molecule has 1 aliphatic rings. The Hall–Kier alpha value is -2.09. The van der Waals surface area contributed by atoms with E-state index in [-0.39, 0.29) is 4.90 Å². The molecule has 1 saturated heterocycles. The zero-order chi connectivity index (χ0) is 20.0. The first-order chi connectivity index (χ1) is 13.4. The van der Waals surface area contributed by atoms with E-state index in [0.29, 0.717) is 18.1 Å². The third-order valence-corrected chi connectivity index (χ3v) is 6.24. The number of rotatable bonds is 8. The Labute approximate surface area is 167 Å². The Morgan fingerprint density at radius 1 is 1.04 bits per heavy atom. The Morgan fingerprint density at radius 3 is 2.29 bits per heavy atom. The van der Waals surface area contributed by atoms with Crippen LogP contribution in [0.15, 0.2) is 53.4 Å². The van der Waals surface area contributed by atoms with Gasteiger partial charge >= 0.3 is 0 Å². The second kappa shape index (κ2) is 9.41. The SMILES string of the molecule is NS(=O)(=O)c1ccc(OCCN2CCC(CCc3ccc(O)cc3)CC2)cc1. The van der Waals surface area contributed by atoms with Crippen LogP contribution in [0.1, 0.15) is 24.8 Å². The zero-order valence-corrected chi connectivity index (χ0v) is 16.8. The van der Waals surface area contributed by atoms with Crippen LogP contribution in [0.25, 0.3) is 0 Å². The molecule has 0 radical (unpaired) electrons. The lowest BCUT2D eigenvalue weighted by atomic mass is 9.90. The van der Waals surface area contributed by atoms with E-state index in [2.05, 4.69) is 4.90 Å². The molecule has 7 heteroatoms. The van der Waals surface area contributed by atoms with Crippen LogP contribution >= 0.6 is 0 Å². The number of nitrogens with two attached hydrogens (primary N) is 1. The molecule has 3 rings (SSSR count). The number of benzene rings is 2. The molecule has 1 aliphatic heterocycles. The van der Waals surface area contributed by atoms with Crippen LogP contribution in [-0.4, -0.2) is 44.7 Å². The summed E-state index contributed by atoms with van der Waals surface area (Å²) in [5.74, 6) is 1.72. The van der Waals surface area contributed by atoms with E-state index in [9.17, 15) is 13.5 Å². The van der Waals surface area contributed by atoms with Gasteiger partial charge in [-0.15, -0.1) is 0 Å². The van der Waals surface area contributed by atoms with Crippen molar-refractivity contribution in [1.29, 1.82) is 0 Å². The summed E-state index contributed by atoms with van der Waals surface area (Å²) in [4.78, 5) is 2.50. The van der Waals surface area contributed by atoms with Crippen molar-refractivity contribution >= 4 is 10.0 Å². The number of aromatic hydroxyl groups is 1. The van der Waals surface area contributed by atoms with Gasteiger partial charge in [-0.25, -0.2) is 13.6 Å². The molecule has 1 heterocycles. The van der Waals surface area contributed by atoms with Gasteiger partial charge in [0, 0.05) is 6.54 Å². The van der Waals surface area contributed by atoms with Gasteiger partial charge in [-0.05, 0) is 86.7 Å². The van der Waals surface area contributed by atoms with Crippen LogP contribution in [0.4, 0.5) is 0 Å². The lowest BCUT2D eigenvalue weighted by Gasteiger charge is -2.31. The van der Waals surface area contributed by atoms with Crippen molar-refractivity contribution in [2.45, 2.75) is 30.6 Å². The first-order valence-corrected chi connectivity index (χ1v) is 11.2. The normalized spacial score (nSPS) is 16.2. The molecule has 2 aromatic rings. The maximum Gasteiger partial charge on any atom is 0.238 e. The van der Waals surface area contributed by atoms with E-state index in [1.165, 1.54) is 37.0 Å². The molecule has 28 heavy (non-hydrogen) atoms. The van der Waals surface area contributed by atoms with Gasteiger partial charge in [0.05, 0.1) is 4.90 Å². The summed E-state index contributed by atoms with van der Waals surface area (Å²) in [6.45, 7) is 3.59. The van der Waals surface area contributed by atoms with E-state index in [0.717, 1.165) is 32.0 Å². The molecular weight excluding hydrogens is 376 g/mol. The van der Waals surface area contributed by atoms with Crippen molar-refractivity contribution in [3.05, 3.63) is 54.1 Å². The highest BCUT2D eigenvalue weighted by atomic mass is 32.2. The maximum absolute atomic E-state index is 11.3. The second-order valence-corrected chi connectivity index (χ2v) is 8.92. The molecular formula is C21H28N2O4S. The maximum atomic E-state index is 11.3. The summed E-state index contributed by atoms with van der Waals surface area (Å²) in [6, 6.07) is 13.7. The van der Waals surface area contributed by atoms with E-state index < -0.39 is 10.0 Å². The Bertz CT molecular complexity index is 843. The number of phenols is 1. The predicted octanol–water partition coefficient (Wildman–Crippen LogP) is 2.76. The standard InChI is InChI=1S/C21H28N2O4S/c22-28(25,26)21-9-7-20(8-10-21)27-16-15-23-13-11-18(12-14-23)2-1-17-3-5-19(24)6-4-17/h3-10,18,24H,1-2,11-16H2,(H2,22,25,26). The molecule has 0 saturated carbocycles. The van der Waals surface area contributed by atoms with Crippen LogP contribution in [-0.2, 0) is 16.4 Å². The molecule has 0 amide bonds. The number of aryl methyl sites for hydroxylation is 1. The summed E-state index contributed by atoms with van der Waals surface area (Å²) < 4.78 is 28.2. The van der Waals surface area contributed by atoms with Crippen molar-refractivity contribution in [1.82, 2.24) is 4.90 Å². The van der Waals surface area contributed by atoms with Crippen molar-refractivity contribution in [3.8, 4) is 11.5 Å². The van der Waals surface area contributed by atoms with Crippen LogP contribution in [0, 0.1) is 5.92 Å². The monoisotopic (exact) mass is 404 g/mol. The minimum atomic E-state index is -3.66. The quantitative estimate of drug-likeness (QED) is 0.706.